The number of rotatable bonds is 4. The topological polar surface area (TPSA) is 42.2 Å². The molecule has 2 rings (SSSR count). The first-order chi connectivity index (χ1) is 8.95. The predicted molar refractivity (Wildman–Crippen MR) is 78.0 cm³/mol. The maximum Gasteiger partial charge on any atom is 0.337 e. The van der Waals surface area contributed by atoms with Crippen molar-refractivity contribution in [1.82, 2.24) is 4.57 Å². The van der Waals surface area contributed by atoms with Gasteiger partial charge >= 0.3 is 5.97 Å². The van der Waals surface area contributed by atoms with E-state index in [9.17, 15) is 9.90 Å². The molecule has 0 aliphatic heterocycles. The molecule has 0 saturated heterocycles. The number of carbonyl (C=O) groups is 1. The van der Waals surface area contributed by atoms with E-state index in [4.69, 9.17) is 0 Å². The lowest BCUT2D eigenvalue weighted by Gasteiger charge is -2.07. The molecule has 1 aromatic carbocycles. The average molecular weight is 259 g/mol. The van der Waals surface area contributed by atoms with Crippen LogP contribution in [0.4, 0.5) is 0 Å². The zero-order valence-electron chi connectivity index (χ0n) is 12.0. The Balaban J connectivity index is 2.85. The third-order valence-corrected chi connectivity index (χ3v) is 3.46. The van der Waals surface area contributed by atoms with Crippen molar-refractivity contribution in [2.24, 2.45) is 0 Å². The number of hydrogen-bond donors (Lipinski definition) is 1. The molecule has 0 unspecified atom stereocenters. The largest absolute Gasteiger partial charge is 0.478 e. The van der Waals surface area contributed by atoms with Crippen molar-refractivity contribution < 1.29 is 9.90 Å². The molecule has 3 heteroatoms. The Kier molecular flexibility index (Phi) is 3.65. The summed E-state index contributed by atoms with van der Waals surface area (Å²) in [6.45, 7) is 9.21. The van der Waals surface area contributed by atoms with E-state index in [2.05, 4.69) is 37.6 Å². The highest BCUT2D eigenvalue weighted by Gasteiger charge is 2.18. The van der Waals surface area contributed by atoms with Crippen LogP contribution in [0.15, 0.2) is 18.3 Å². The summed E-state index contributed by atoms with van der Waals surface area (Å²) in [5.74, 6) is -0.455. The van der Waals surface area contributed by atoms with Crippen LogP contribution in [0.1, 0.15) is 54.6 Å². The van der Waals surface area contributed by atoms with Crippen LogP contribution >= 0.6 is 0 Å². The summed E-state index contributed by atoms with van der Waals surface area (Å²) in [6, 6.07) is 3.87. The zero-order valence-corrected chi connectivity index (χ0v) is 12.0. The van der Waals surface area contributed by atoms with E-state index in [1.54, 1.807) is 6.07 Å². The van der Waals surface area contributed by atoms with Gasteiger partial charge in [-0.25, -0.2) is 4.79 Å². The van der Waals surface area contributed by atoms with Gasteiger partial charge in [0.2, 0.25) is 0 Å². The van der Waals surface area contributed by atoms with Crippen LogP contribution in [0.3, 0.4) is 0 Å². The van der Waals surface area contributed by atoms with Crippen molar-refractivity contribution >= 4 is 16.9 Å². The maximum absolute atomic E-state index is 11.5. The number of benzene rings is 1. The summed E-state index contributed by atoms with van der Waals surface area (Å²) < 4.78 is 2.09. The minimum atomic E-state index is -0.848. The summed E-state index contributed by atoms with van der Waals surface area (Å²) in [5, 5.41) is 10.5. The molecule has 0 fully saturated rings. The van der Waals surface area contributed by atoms with E-state index in [-0.39, 0.29) is 0 Å². The molecule has 1 N–H and O–H groups in total. The fourth-order valence-corrected chi connectivity index (χ4v) is 2.65. The van der Waals surface area contributed by atoms with Gasteiger partial charge in [0.15, 0.2) is 0 Å². The molecule has 0 radical (unpaired) electrons. The van der Waals surface area contributed by atoms with Gasteiger partial charge in [0.1, 0.15) is 0 Å². The van der Waals surface area contributed by atoms with E-state index in [0.29, 0.717) is 11.5 Å². The van der Waals surface area contributed by atoms with Gasteiger partial charge in [-0.3, -0.25) is 0 Å². The van der Waals surface area contributed by atoms with Gasteiger partial charge < -0.3 is 9.67 Å². The van der Waals surface area contributed by atoms with Gasteiger partial charge in [-0.1, -0.05) is 20.8 Å². The second-order valence-electron chi connectivity index (χ2n) is 5.45. The minimum absolute atomic E-state index is 0.393. The lowest BCUT2D eigenvalue weighted by atomic mass is 9.99. The number of carboxylic acid groups (broad SMARTS) is 1. The number of aryl methyl sites for hydroxylation is 2. The Labute approximate surface area is 113 Å². The Morgan fingerprint density at radius 2 is 2.05 bits per heavy atom. The van der Waals surface area contributed by atoms with Gasteiger partial charge in [-0.15, -0.1) is 0 Å². The van der Waals surface area contributed by atoms with Crippen molar-refractivity contribution in [3.05, 3.63) is 35.0 Å². The lowest BCUT2D eigenvalue weighted by Crippen LogP contribution is -2.03. The Morgan fingerprint density at radius 1 is 1.37 bits per heavy atom. The molecule has 0 aliphatic carbocycles. The molecule has 0 spiro atoms. The van der Waals surface area contributed by atoms with Crippen LogP contribution in [0.5, 0.6) is 0 Å². The Bertz CT molecular complexity index is 623. The molecule has 0 bridgehead atoms. The highest BCUT2D eigenvalue weighted by molar-refractivity contribution is 6.04. The molecule has 0 atom stereocenters. The third kappa shape index (κ3) is 2.37. The molecule has 0 aliphatic rings. The predicted octanol–water partition coefficient (Wildman–Crippen LogP) is 4.18. The zero-order chi connectivity index (χ0) is 14.2. The van der Waals surface area contributed by atoms with Crippen molar-refractivity contribution in [2.45, 2.75) is 46.6 Å². The van der Waals surface area contributed by atoms with E-state index in [1.807, 2.05) is 6.92 Å². The maximum atomic E-state index is 11.5. The van der Waals surface area contributed by atoms with Crippen molar-refractivity contribution in [1.29, 1.82) is 0 Å². The van der Waals surface area contributed by atoms with Gasteiger partial charge in [0.05, 0.1) is 11.1 Å². The van der Waals surface area contributed by atoms with Crippen LogP contribution in [-0.2, 0) is 6.54 Å². The Morgan fingerprint density at radius 3 is 2.58 bits per heavy atom. The smallest absolute Gasteiger partial charge is 0.337 e. The van der Waals surface area contributed by atoms with E-state index >= 15 is 0 Å². The van der Waals surface area contributed by atoms with Crippen LogP contribution in [0, 0.1) is 6.92 Å². The molecule has 1 aromatic heterocycles. The molecule has 19 heavy (non-hydrogen) atoms. The van der Waals surface area contributed by atoms with Crippen molar-refractivity contribution in [2.75, 3.05) is 0 Å². The molecule has 2 aromatic rings. The normalized spacial score (nSPS) is 11.4. The van der Waals surface area contributed by atoms with Crippen LogP contribution in [-0.4, -0.2) is 15.6 Å². The van der Waals surface area contributed by atoms with Gasteiger partial charge in [0.25, 0.3) is 0 Å². The standard InChI is InChI=1S/C16H21NO2/c1-5-6-17-9-14(10(2)3)12-7-11(4)8-13(15(12)17)16(18)19/h7-10H,5-6H2,1-4H3,(H,18,19). The van der Waals surface area contributed by atoms with Crippen molar-refractivity contribution in [3.8, 4) is 0 Å². The number of hydrogen-bond acceptors (Lipinski definition) is 1. The lowest BCUT2D eigenvalue weighted by molar-refractivity contribution is 0.0698. The fourth-order valence-electron chi connectivity index (χ4n) is 2.65. The summed E-state index contributed by atoms with van der Waals surface area (Å²) >= 11 is 0. The monoisotopic (exact) mass is 259 g/mol. The summed E-state index contributed by atoms with van der Waals surface area (Å²) in [7, 11) is 0. The van der Waals surface area contributed by atoms with Crippen LogP contribution < -0.4 is 0 Å². The molecule has 0 amide bonds. The van der Waals surface area contributed by atoms with Crippen molar-refractivity contribution in [3.63, 3.8) is 0 Å². The van der Waals surface area contributed by atoms with Gasteiger partial charge in [-0.05, 0) is 42.5 Å². The number of fused-ring (bicyclic) bond motifs is 1. The van der Waals surface area contributed by atoms with Crippen LogP contribution in [0.2, 0.25) is 0 Å². The summed E-state index contributed by atoms with van der Waals surface area (Å²) in [4.78, 5) is 11.5. The minimum Gasteiger partial charge on any atom is -0.478 e. The van der Waals surface area contributed by atoms with Crippen LogP contribution in [0.25, 0.3) is 10.9 Å². The van der Waals surface area contributed by atoms with Gasteiger partial charge in [-0.2, -0.15) is 0 Å². The molecule has 0 saturated carbocycles. The number of aromatic nitrogens is 1. The fraction of sp³-hybridized carbons (Fsp3) is 0.438. The highest BCUT2D eigenvalue weighted by atomic mass is 16.4. The first-order valence-electron chi connectivity index (χ1n) is 6.82. The number of carboxylic acids is 1. The quantitative estimate of drug-likeness (QED) is 0.895. The Hall–Kier alpha value is -1.77. The summed E-state index contributed by atoms with van der Waals surface area (Å²) in [5.41, 5.74) is 3.51. The highest BCUT2D eigenvalue weighted by Crippen LogP contribution is 2.31. The van der Waals surface area contributed by atoms with E-state index < -0.39 is 5.97 Å². The van der Waals surface area contributed by atoms with Gasteiger partial charge in [0, 0.05) is 18.1 Å². The molecule has 3 nitrogen and oxygen atoms in total. The average Bonchev–Trinajstić information content (AvgIpc) is 2.67. The SMILES string of the molecule is CCCn1cc(C(C)C)c2cc(C)cc(C(=O)O)c21. The molecular formula is C16H21NO2. The molecule has 102 valence electrons. The number of aromatic carboxylic acids is 1. The first kappa shape index (κ1) is 13.7. The third-order valence-electron chi connectivity index (χ3n) is 3.46. The second-order valence-corrected chi connectivity index (χ2v) is 5.45. The molecular weight excluding hydrogens is 238 g/mol. The first-order valence-corrected chi connectivity index (χ1v) is 6.82. The molecule has 1 heterocycles. The second kappa shape index (κ2) is 5.08. The van der Waals surface area contributed by atoms with E-state index in [0.717, 1.165) is 29.4 Å². The number of nitrogens with zero attached hydrogens (tertiary/aromatic N) is 1. The van der Waals surface area contributed by atoms with E-state index in [1.165, 1.54) is 5.56 Å². The summed E-state index contributed by atoms with van der Waals surface area (Å²) in [6.07, 6.45) is 3.11.